The van der Waals surface area contributed by atoms with Gasteiger partial charge in [0.25, 0.3) is 0 Å². The number of hydrogen-bond acceptors (Lipinski definition) is 6. The quantitative estimate of drug-likeness (QED) is 0.252. The lowest BCUT2D eigenvalue weighted by atomic mass is 9.50. The molecule has 11 saturated carbocycles. The van der Waals surface area contributed by atoms with Crippen molar-refractivity contribution in [3.63, 3.8) is 0 Å². The summed E-state index contributed by atoms with van der Waals surface area (Å²) in [5.74, 6) is 14.1. The standard InChI is InChI=1S/C82H140N6/c1-80(2)64-30-8-14-37-71(64)86(72-38-15-9-31-65(72)80)59-27-20-24-55(48-59)58-51-62(56-25-21-28-60(49-56)87-73-39-16-10-32-66(73)81(3,4)67-33-11-17-40-74(67)87)77(53-43-45-54(46-44-53)78-84-70-36-23-47-83-79(70)85(78)7)63(52-58)57-26-22-29-61(50-57)88-75-41-18-12-34-68(75)82(5,6)69-35-13-19-42-76(69)88/h53-79,83-84H,8-52H2,1-7H3. The fourth-order valence-corrected chi connectivity index (χ4v) is 30.6. The number of likely N-dealkylation sites (N-methyl/N-ethyl adjacent to an activating group) is 1. The Morgan fingerprint density at radius 2 is 0.625 bits per heavy atom. The second-order valence-electron chi connectivity index (χ2n) is 38.5. The van der Waals surface area contributed by atoms with Gasteiger partial charge in [0.2, 0.25) is 0 Å². The molecule has 16 rings (SSSR count). The summed E-state index contributed by atoms with van der Waals surface area (Å²) in [5.41, 5.74) is 1.55. The Labute approximate surface area is 542 Å². The second-order valence-corrected chi connectivity index (χ2v) is 38.5. The van der Waals surface area contributed by atoms with Crippen molar-refractivity contribution in [2.75, 3.05) is 13.6 Å². The Balaban J connectivity index is 0.755. The van der Waals surface area contributed by atoms with E-state index < -0.39 is 0 Å². The van der Waals surface area contributed by atoms with Gasteiger partial charge in [-0.2, -0.15) is 0 Å². The highest BCUT2D eigenvalue weighted by molar-refractivity contribution is 5.13. The van der Waals surface area contributed by atoms with Crippen molar-refractivity contribution >= 4 is 0 Å². The molecule has 0 amide bonds. The van der Waals surface area contributed by atoms with Gasteiger partial charge in [0.15, 0.2) is 0 Å². The molecule has 16 aliphatic rings. The molecule has 0 spiro atoms. The first-order valence-corrected chi connectivity index (χ1v) is 41.4. The first kappa shape index (κ1) is 62.6. The van der Waals surface area contributed by atoms with E-state index in [0.717, 1.165) is 143 Å². The van der Waals surface area contributed by atoms with Crippen LogP contribution in [0.15, 0.2) is 0 Å². The second kappa shape index (κ2) is 25.6. The lowest BCUT2D eigenvalue weighted by Crippen LogP contribution is -2.66. The molecule has 0 aromatic carbocycles. The van der Waals surface area contributed by atoms with Crippen LogP contribution in [0.3, 0.4) is 0 Å². The zero-order valence-corrected chi connectivity index (χ0v) is 58.7. The molecule has 0 radical (unpaired) electrons. The van der Waals surface area contributed by atoms with Crippen LogP contribution >= 0.6 is 0 Å². The summed E-state index contributed by atoms with van der Waals surface area (Å²) in [5, 5.41) is 8.34. The lowest BCUT2D eigenvalue weighted by molar-refractivity contribution is -0.153. The smallest absolute Gasteiger partial charge is 0.0765 e. The van der Waals surface area contributed by atoms with Crippen molar-refractivity contribution in [1.29, 1.82) is 0 Å². The monoisotopic (exact) mass is 1210 g/mol. The third-order valence-electron chi connectivity index (χ3n) is 34.2. The number of likely N-dealkylation sites (tertiary alicyclic amines) is 3. The molecule has 23 unspecified atom stereocenters. The number of rotatable bonds is 8. The highest BCUT2D eigenvalue weighted by Crippen LogP contribution is 2.64. The third kappa shape index (κ3) is 11.0. The predicted octanol–water partition coefficient (Wildman–Crippen LogP) is 19.0. The maximum Gasteiger partial charge on any atom is 0.0765 e. The minimum Gasteiger partial charge on any atom is -0.300 e. The number of piperidine rings is 4. The van der Waals surface area contributed by atoms with Crippen LogP contribution in [0.5, 0.6) is 0 Å². The highest BCUT2D eigenvalue weighted by Gasteiger charge is 2.61. The molecule has 23 atom stereocenters. The van der Waals surface area contributed by atoms with Crippen LogP contribution in [0.2, 0.25) is 0 Å². The minimum atomic E-state index is 0.516. The van der Waals surface area contributed by atoms with Crippen LogP contribution in [0.1, 0.15) is 324 Å². The van der Waals surface area contributed by atoms with Crippen LogP contribution in [-0.4, -0.2) is 106 Å². The Morgan fingerprint density at radius 1 is 0.284 bits per heavy atom. The fourth-order valence-electron chi connectivity index (χ4n) is 30.6. The van der Waals surface area contributed by atoms with E-state index in [1.807, 2.05) is 0 Å². The van der Waals surface area contributed by atoms with E-state index in [2.05, 4.69) is 78.8 Å². The summed E-state index contributed by atoms with van der Waals surface area (Å²) < 4.78 is 0. The van der Waals surface area contributed by atoms with E-state index in [9.17, 15) is 0 Å². The average molecular weight is 1210 g/mol. The summed E-state index contributed by atoms with van der Waals surface area (Å²) in [6, 6.07) is 8.42. The Bertz CT molecular complexity index is 2150. The number of hydrogen-bond donors (Lipinski definition) is 2. The van der Waals surface area contributed by atoms with Crippen molar-refractivity contribution in [3.8, 4) is 0 Å². The van der Waals surface area contributed by atoms with Crippen LogP contribution in [0.25, 0.3) is 0 Å². The van der Waals surface area contributed by atoms with E-state index in [0.29, 0.717) is 34.6 Å². The molecule has 6 nitrogen and oxygen atoms in total. The molecule has 0 aromatic heterocycles. The van der Waals surface area contributed by atoms with Gasteiger partial charge in [-0.25, -0.2) is 0 Å². The molecule has 0 bridgehead atoms. The lowest BCUT2D eigenvalue weighted by Gasteiger charge is -2.65. The summed E-state index contributed by atoms with van der Waals surface area (Å²) in [6.07, 6.45) is 68.1. The van der Waals surface area contributed by atoms with E-state index >= 15 is 0 Å². The summed E-state index contributed by atoms with van der Waals surface area (Å²) in [6.45, 7) is 18.0. The van der Waals surface area contributed by atoms with E-state index in [1.165, 1.54) is 225 Å². The van der Waals surface area contributed by atoms with Gasteiger partial charge in [-0.1, -0.05) is 157 Å². The first-order chi connectivity index (χ1) is 42.8. The molecule has 5 aliphatic heterocycles. The van der Waals surface area contributed by atoms with Crippen LogP contribution in [0, 0.1) is 105 Å². The molecular weight excluding hydrogens is 1070 g/mol. The molecule has 6 heteroatoms. The van der Waals surface area contributed by atoms with Crippen LogP contribution < -0.4 is 10.6 Å². The number of fused-ring (bicyclic) bond motifs is 7. The van der Waals surface area contributed by atoms with Gasteiger partial charge in [-0.05, 0) is 286 Å². The molecule has 11 aliphatic carbocycles. The molecule has 498 valence electrons. The van der Waals surface area contributed by atoms with Gasteiger partial charge < -0.3 is 5.32 Å². The topological polar surface area (TPSA) is 37.0 Å². The van der Waals surface area contributed by atoms with Crippen molar-refractivity contribution in [2.45, 2.75) is 397 Å². The highest BCUT2D eigenvalue weighted by atomic mass is 15.4. The van der Waals surface area contributed by atoms with Gasteiger partial charge in [0.05, 0.1) is 12.3 Å². The van der Waals surface area contributed by atoms with Crippen LogP contribution in [-0.2, 0) is 0 Å². The number of nitrogens with zero attached hydrogens (tertiary/aromatic N) is 4. The van der Waals surface area contributed by atoms with Gasteiger partial charge in [-0.15, -0.1) is 0 Å². The SMILES string of the molecule is CN1C(C2CCC(C3C(C4CCCC(N5C6CCCCC6C(C)(C)C6CCCCC65)C4)CC(C4CCCC(N5C6CCCCC6C(C)(C)C6CCCCC65)C4)CC3C3CCCC(N4C5CCCCC5C(C)(C)C5CCCCC54)C3)CC2)NC2CCCNC21. The zero-order chi connectivity index (χ0) is 59.6. The average Bonchev–Trinajstić information content (AvgIpc) is 1.03. The van der Waals surface area contributed by atoms with E-state index in [4.69, 9.17) is 0 Å². The van der Waals surface area contributed by atoms with E-state index in [-0.39, 0.29) is 0 Å². The van der Waals surface area contributed by atoms with Gasteiger partial charge in [0, 0.05) is 60.4 Å². The predicted molar refractivity (Wildman–Crippen MR) is 367 cm³/mol. The van der Waals surface area contributed by atoms with Crippen molar-refractivity contribution in [2.24, 2.45) is 105 Å². The molecular formula is C82H140N6. The van der Waals surface area contributed by atoms with Gasteiger partial charge >= 0.3 is 0 Å². The molecule has 2 N–H and O–H groups in total. The van der Waals surface area contributed by atoms with E-state index in [1.54, 1.807) is 64.2 Å². The Morgan fingerprint density at radius 3 is 1.00 bits per heavy atom. The molecule has 16 fully saturated rings. The van der Waals surface area contributed by atoms with Crippen LogP contribution in [0.4, 0.5) is 0 Å². The maximum atomic E-state index is 4.34. The molecule has 5 saturated heterocycles. The zero-order valence-electron chi connectivity index (χ0n) is 58.7. The number of nitrogens with one attached hydrogen (secondary N) is 2. The molecule has 5 heterocycles. The first-order valence-electron chi connectivity index (χ1n) is 41.4. The minimum absolute atomic E-state index is 0.516. The van der Waals surface area contributed by atoms with Gasteiger partial charge in [0.1, 0.15) is 0 Å². The van der Waals surface area contributed by atoms with Crippen molar-refractivity contribution < 1.29 is 0 Å². The Kier molecular flexibility index (Phi) is 18.2. The maximum absolute atomic E-state index is 4.34. The summed E-state index contributed by atoms with van der Waals surface area (Å²) in [7, 11) is 2.50. The third-order valence-corrected chi connectivity index (χ3v) is 34.2. The summed E-state index contributed by atoms with van der Waals surface area (Å²) in [4.78, 5) is 13.3. The van der Waals surface area contributed by atoms with Crippen molar-refractivity contribution in [1.82, 2.24) is 30.2 Å². The largest absolute Gasteiger partial charge is 0.300 e. The normalized spacial score (nSPS) is 51.9. The Hall–Kier alpha value is -0.240. The summed E-state index contributed by atoms with van der Waals surface area (Å²) >= 11 is 0. The fraction of sp³-hybridized carbons (Fsp3) is 1.00. The van der Waals surface area contributed by atoms with Gasteiger partial charge in [-0.3, -0.25) is 24.9 Å². The molecule has 88 heavy (non-hydrogen) atoms. The van der Waals surface area contributed by atoms with Crippen molar-refractivity contribution in [3.05, 3.63) is 0 Å². The molecule has 0 aromatic rings.